The lowest BCUT2D eigenvalue weighted by Crippen LogP contribution is -2.47. The number of hydrogen-bond donors (Lipinski definition) is 1. The molecule has 3 heterocycles. The van der Waals surface area contributed by atoms with E-state index in [9.17, 15) is 31.5 Å². The number of alkyl halides is 3. The largest absolute Gasteiger partial charge is 0.435 e. The maximum absolute atomic E-state index is 13.8. The molecule has 0 saturated heterocycles. The van der Waals surface area contributed by atoms with Gasteiger partial charge in [-0.1, -0.05) is 6.07 Å². The molecule has 0 unspecified atom stereocenters. The van der Waals surface area contributed by atoms with Crippen molar-refractivity contribution in [3.63, 3.8) is 0 Å². The van der Waals surface area contributed by atoms with E-state index in [1.54, 1.807) is 0 Å². The van der Waals surface area contributed by atoms with Gasteiger partial charge in [-0.05, 0) is 12.5 Å². The zero-order valence-corrected chi connectivity index (χ0v) is 17.0. The van der Waals surface area contributed by atoms with Crippen molar-refractivity contribution >= 4 is 17.6 Å². The van der Waals surface area contributed by atoms with E-state index in [0.717, 1.165) is 27.8 Å². The lowest BCUT2D eigenvalue weighted by Gasteiger charge is -2.19. The molecular formula is C19H16F5N7O2. The van der Waals surface area contributed by atoms with E-state index in [-0.39, 0.29) is 36.7 Å². The molecule has 0 bridgehead atoms. The molecule has 0 fully saturated rings. The molecule has 174 valence electrons. The van der Waals surface area contributed by atoms with Crippen LogP contribution >= 0.6 is 0 Å². The number of benzene rings is 1. The molecule has 4 rings (SSSR count). The Morgan fingerprint density at radius 1 is 1.21 bits per heavy atom. The van der Waals surface area contributed by atoms with Crippen LogP contribution in [-0.2, 0) is 24.1 Å². The summed E-state index contributed by atoms with van der Waals surface area (Å²) in [7, 11) is 1.28. The maximum atomic E-state index is 13.8. The molecule has 0 radical (unpaired) electrons. The lowest BCUT2D eigenvalue weighted by atomic mass is 10.2. The summed E-state index contributed by atoms with van der Waals surface area (Å²) in [5, 5.41) is 9.90. The third-order valence-electron chi connectivity index (χ3n) is 5.04. The highest BCUT2D eigenvalue weighted by Crippen LogP contribution is 2.32. The minimum absolute atomic E-state index is 0.0115. The second kappa shape index (κ2) is 8.26. The van der Waals surface area contributed by atoms with E-state index >= 15 is 0 Å². The van der Waals surface area contributed by atoms with Crippen LogP contribution in [0.4, 0.5) is 27.8 Å². The number of nitrogens with one attached hydrogen (secondary N) is 1. The molecule has 1 atom stereocenters. The number of carbonyl (C=O) groups excluding carboxylic acids is 2. The number of fused-ring (bicyclic) bond motifs is 1. The Hall–Kier alpha value is -3.84. The van der Waals surface area contributed by atoms with Gasteiger partial charge in [-0.2, -0.15) is 18.3 Å². The quantitative estimate of drug-likeness (QED) is 0.590. The van der Waals surface area contributed by atoms with Gasteiger partial charge in [0.2, 0.25) is 5.82 Å². The fraction of sp³-hybridized carbons (Fsp3) is 0.316. The Labute approximate surface area is 182 Å². The Kier molecular flexibility index (Phi) is 5.59. The summed E-state index contributed by atoms with van der Waals surface area (Å²) >= 11 is 0. The number of carbonyl (C=O) groups is 2. The number of hydrogen-bond acceptors (Lipinski definition) is 5. The fourth-order valence-corrected chi connectivity index (χ4v) is 3.36. The highest BCUT2D eigenvalue weighted by Gasteiger charge is 2.38. The first kappa shape index (κ1) is 22.4. The van der Waals surface area contributed by atoms with Crippen LogP contribution in [0.1, 0.15) is 28.3 Å². The number of halogens is 5. The van der Waals surface area contributed by atoms with Crippen molar-refractivity contribution in [2.45, 2.75) is 31.7 Å². The fourth-order valence-electron chi connectivity index (χ4n) is 3.36. The highest BCUT2D eigenvalue weighted by molar-refractivity contribution is 6.00. The van der Waals surface area contributed by atoms with Crippen molar-refractivity contribution in [3.05, 3.63) is 59.3 Å². The maximum Gasteiger partial charge on any atom is 0.435 e. The van der Waals surface area contributed by atoms with Gasteiger partial charge in [0.05, 0.1) is 6.54 Å². The molecular weight excluding hydrogens is 453 g/mol. The standard InChI is InChI=1S/C19H16F5N7O2/c1-29-15-7-14(19(22,23)24)27-31(15)5-4-13(18(29)33)26-17(32)16-25-9-30(28-16)8-10-2-3-11(20)6-12(10)21/h2-3,6-7,9,13H,4-5,8H2,1H3,(H,26,32)/t13-/m0/s1. The van der Waals surface area contributed by atoms with Crippen LogP contribution in [0.5, 0.6) is 0 Å². The van der Waals surface area contributed by atoms with Gasteiger partial charge >= 0.3 is 6.18 Å². The number of amides is 2. The number of likely N-dealkylation sites (N-methyl/N-ethyl adjacent to an activating group) is 1. The molecule has 0 spiro atoms. The Bertz CT molecular complexity index is 1220. The average Bonchev–Trinajstić information content (AvgIpc) is 3.37. The Morgan fingerprint density at radius 2 is 1.97 bits per heavy atom. The van der Waals surface area contributed by atoms with Gasteiger partial charge in [0.15, 0.2) is 5.69 Å². The summed E-state index contributed by atoms with van der Waals surface area (Å²) in [5.74, 6) is -3.29. The number of anilines is 1. The molecule has 1 N–H and O–H groups in total. The van der Waals surface area contributed by atoms with E-state index in [1.807, 2.05) is 0 Å². The number of aromatic nitrogens is 5. The summed E-state index contributed by atoms with van der Waals surface area (Å²) in [4.78, 5) is 30.1. The lowest BCUT2D eigenvalue weighted by molar-refractivity contribution is -0.141. The van der Waals surface area contributed by atoms with Crippen LogP contribution in [0.3, 0.4) is 0 Å². The number of rotatable bonds is 4. The van der Waals surface area contributed by atoms with Gasteiger partial charge in [-0.3, -0.25) is 14.5 Å². The predicted octanol–water partition coefficient (Wildman–Crippen LogP) is 1.98. The van der Waals surface area contributed by atoms with Crippen molar-refractivity contribution in [2.75, 3.05) is 11.9 Å². The molecule has 14 heteroatoms. The second-order valence-electron chi connectivity index (χ2n) is 7.32. The molecule has 1 aliphatic rings. The minimum atomic E-state index is -4.65. The van der Waals surface area contributed by atoms with Crippen LogP contribution in [0, 0.1) is 11.6 Å². The van der Waals surface area contributed by atoms with Crippen LogP contribution < -0.4 is 10.2 Å². The highest BCUT2D eigenvalue weighted by atomic mass is 19.4. The summed E-state index contributed by atoms with van der Waals surface area (Å²) in [6.07, 6.45) is -3.49. The van der Waals surface area contributed by atoms with Crippen LogP contribution in [0.25, 0.3) is 0 Å². The third kappa shape index (κ3) is 4.54. The third-order valence-corrected chi connectivity index (χ3v) is 5.04. The molecule has 33 heavy (non-hydrogen) atoms. The zero-order valence-electron chi connectivity index (χ0n) is 17.0. The van der Waals surface area contributed by atoms with Gasteiger partial charge in [0, 0.05) is 31.3 Å². The molecule has 3 aromatic rings. The first-order valence-electron chi connectivity index (χ1n) is 9.60. The van der Waals surface area contributed by atoms with Gasteiger partial charge in [0.25, 0.3) is 11.8 Å². The molecule has 2 aromatic heterocycles. The SMILES string of the molecule is CN1C(=O)[C@@H](NC(=O)c2ncn(Cc3ccc(F)cc3F)n2)CCn2nc(C(F)(F)F)cc21. The molecule has 0 saturated carbocycles. The average molecular weight is 469 g/mol. The molecule has 2 amide bonds. The predicted molar refractivity (Wildman–Crippen MR) is 102 cm³/mol. The summed E-state index contributed by atoms with van der Waals surface area (Å²) in [5.41, 5.74) is -0.992. The van der Waals surface area contributed by atoms with Crippen molar-refractivity contribution in [3.8, 4) is 0 Å². The first-order valence-corrected chi connectivity index (χ1v) is 9.60. The summed E-state index contributed by atoms with van der Waals surface area (Å²) in [6.45, 7) is -0.154. The van der Waals surface area contributed by atoms with Crippen molar-refractivity contribution in [2.24, 2.45) is 0 Å². The molecule has 1 aliphatic heterocycles. The number of nitrogens with zero attached hydrogens (tertiary/aromatic N) is 6. The first-order chi connectivity index (χ1) is 15.5. The molecule has 9 nitrogen and oxygen atoms in total. The van der Waals surface area contributed by atoms with Crippen LogP contribution in [0.15, 0.2) is 30.6 Å². The normalized spacial score (nSPS) is 16.5. The van der Waals surface area contributed by atoms with Crippen molar-refractivity contribution < 1.29 is 31.5 Å². The molecule has 1 aromatic carbocycles. The van der Waals surface area contributed by atoms with E-state index in [1.165, 1.54) is 24.1 Å². The van der Waals surface area contributed by atoms with Gasteiger partial charge in [-0.15, -0.1) is 5.10 Å². The van der Waals surface area contributed by atoms with E-state index < -0.39 is 41.4 Å². The Balaban J connectivity index is 1.44. The van der Waals surface area contributed by atoms with Gasteiger partial charge in [0.1, 0.15) is 29.8 Å². The topological polar surface area (TPSA) is 97.9 Å². The summed E-state index contributed by atoms with van der Waals surface area (Å²) < 4.78 is 67.8. The Morgan fingerprint density at radius 3 is 2.67 bits per heavy atom. The van der Waals surface area contributed by atoms with Crippen LogP contribution in [0.2, 0.25) is 0 Å². The van der Waals surface area contributed by atoms with E-state index in [0.29, 0.717) is 0 Å². The van der Waals surface area contributed by atoms with Gasteiger partial charge in [-0.25, -0.2) is 23.1 Å². The summed E-state index contributed by atoms with van der Waals surface area (Å²) in [6, 6.07) is 2.75. The van der Waals surface area contributed by atoms with E-state index in [2.05, 4.69) is 20.5 Å². The molecule has 0 aliphatic carbocycles. The smallest absolute Gasteiger partial charge is 0.337 e. The minimum Gasteiger partial charge on any atom is -0.337 e. The van der Waals surface area contributed by atoms with Crippen LogP contribution in [-0.4, -0.2) is 49.4 Å². The van der Waals surface area contributed by atoms with Gasteiger partial charge < -0.3 is 5.32 Å². The second-order valence-corrected chi connectivity index (χ2v) is 7.32. The van der Waals surface area contributed by atoms with Crippen molar-refractivity contribution in [1.29, 1.82) is 0 Å². The van der Waals surface area contributed by atoms with E-state index in [4.69, 9.17) is 0 Å². The van der Waals surface area contributed by atoms with Crippen molar-refractivity contribution in [1.82, 2.24) is 29.9 Å². The monoisotopic (exact) mass is 469 g/mol. The number of aryl methyl sites for hydroxylation is 1. The zero-order chi connectivity index (χ0) is 23.9.